The number of aliphatic imine (C=N–C) groups is 1. The zero-order valence-corrected chi connectivity index (χ0v) is 15.1. The van der Waals surface area contributed by atoms with Crippen molar-refractivity contribution >= 4 is 11.9 Å². The van der Waals surface area contributed by atoms with E-state index in [1.807, 2.05) is 20.3 Å². The van der Waals surface area contributed by atoms with Gasteiger partial charge in [0.15, 0.2) is 5.96 Å². The summed E-state index contributed by atoms with van der Waals surface area (Å²) in [4.78, 5) is 20.1. The maximum atomic E-state index is 13.1. The van der Waals surface area contributed by atoms with Gasteiger partial charge in [-0.2, -0.15) is 5.10 Å². The van der Waals surface area contributed by atoms with E-state index in [4.69, 9.17) is 5.73 Å². The van der Waals surface area contributed by atoms with Crippen LogP contribution in [0.4, 0.5) is 4.39 Å². The fraction of sp³-hybridized carbons (Fsp3) is 0.389. The van der Waals surface area contributed by atoms with E-state index in [0.29, 0.717) is 18.9 Å². The summed E-state index contributed by atoms with van der Waals surface area (Å²) in [5.74, 6) is 0.247. The van der Waals surface area contributed by atoms with Crippen LogP contribution in [0.5, 0.6) is 0 Å². The predicted molar refractivity (Wildman–Crippen MR) is 97.3 cm³/mol. The Balaban J connectivity index is 1.84. The number of nitrogens with two attached hydrogens (primary N) is 1. The molecule has 0 bridgehead atoms. The Bertz CT molecular complexity index is 813. The van der Waals surface area contributed by atoms with Gasteiger partial charge in [0, 0.05) is 51.8 Å². The van der Waals surface area contributed by atoms with Crippen LogP contribution in [0.15, 0.2) is 41.7 Å². The van der Waals surface area contributed by atoms with E-state index in [1.54, 1.807) is 39.9 Å². The van der Waals surface area contributed by atoms with Crippen molar-refractivity contribution in [3.63, 3.8) is 0 Å². The maximum absolute atomic E-state index is 13.1. The molecule has 2 atom stereocenters. The van der Waals surface area contributed by atoms with Crippen molar-refractivity contribution in [2.24, 2.45) is 16.6 Å². The molecule has 1 fully saturated rings. The van der Waals surface area contributed by atoms with Crippen LogP contribution in [0.1, 0.15) is 18.0 Å². The molecule has 2 aromatic rings. The number of guanidine groups is 1. The van der Waals surface area contributed by atoms with E-state index in [0.717, 1.165) is 11.3 Å². The largest absolute Gasteiger partial charge is 0.370 e. The van der Waals surface area contributed by atoms with Gasteiger partial charge in [0.1, 0.15) is 5.82 Å². The van der Waals surface area contributed by atoms with Crippen molar-refractivity contribution in [1.29, 1.82) is 0 Å². The number of hydrogen-bond donors (Lipinski definition) is 1. The second-order valence-corrected chi connectivity index (χ2v) is 6.70. The highest BCUT2D eigenvalue weighted by Crippen LogP contribution is 2.37. The van der Waals surface area contributed by atoms with E-state index in [1.165, 1.54) is 12.1 Å². The van der Waals surface area contributed by atoms with E-state index in [9.17, 15) is 9.18 Å². The minimum atomic E-state index is -0.293. The molecule has 26 heavy (non-hydrogen) atoms. The monoisotopic (exact) mass is 358 g/mol. The minimum absolute atomic E-state index is 0.0249. The Morgan fingerprint density at radius 3 is 2.73 bits per heavy atom. The average Bonchev–Trinajstić information content (AvgIpc) is 3.18. The Morgan fingerprint density at radius 2 is 2.08 bits per heavy atom. The van der Waals surface area contributed by atoms with Crippen molar-refractivity contribution in [3.8, 4) is 5.69 Å². The first-order chi connectivity index (χ1) is 12.4. The highest BCUT2D eigenvalue weighted by Gasteiger charge is 2.39. The van der Waals surface area contributed by atoms with Gasteiger partial charge in [-0.05, 0) is 24.3 Å². The van der Waals surface area contributed by atoms with E-state index in [-0.39, 0.29) is 23.7 Å². The number of rotatable bonds is 4. The second-order valence-electron chi connectivity index (χ2n) is 6.70. The lowest BCUT2D eigenvalue weighted by atomic mass is 9.96. The summed E-state index contributed by atoms with van der Waals surface area (Å²) in [6.45, 7) is 0.465. The standard InChI is InChI=1S/C18H23FN6O/c1-23(2)18(20)21-9-12-8-16(26)24(3)17(12)13-10-22-25(11-13)15-6-4-14(19)5-7-15/h4-7,10-12,17H,8-9H2,1-3H3,(H2,20,21)/t12-,17+/m0/s1. The molecular formula is C18H23FN6O. The molecule has 8 heteroatoms. The van der Waals surface area contributed by atoms with Crippen LogP contribution in [0.3, 0.4) is 0 Å². The Hall–Kier alpha value is -2.90. The smallest absolute Gasteiger partial charge is 0.223 e. The van der Waals surface area contributed by atoms with Crippen molar-refractivity contribution in [3.05, 3.63) is 48.0 Å². The lowest BCUT2D eigenvalue weighted by Gasteiger charge is -2.23. The van der Waals surface area contributed by atoms with Crippen LogP contribution in [0.25, 0.3) is 5.69 Å². The van der Waals surface area contributed by atoms with Crippen molar-refractivity contribution in [1.82, 2.24) is 19.6 Å². The fourth-order valence-electron chi connectivity index (χ4n) is 3.19. The molecule has 1 aliphatic heterocycles. The number of carbonyl (C=O) groups is 1. The highest BCUT2D eigenvalue weighted by atomic mass is 19.1. The summed E-state index contributed by atoms with van der Waals surface area (Å²) in [6.07, 6.45) is 4.04. The summed E-state index contributed by atoms with van der Waals surface area (Å²) in [5, 5.41) is 4.37. The number of amides is 1. The lowest BCUT2D eigenvalue weighted by Crippen LogP contribution is -2.31. The summed E-state index contributed by atoms with van der Waals surface area (Å²) < 4.78 is 14.8. The third kappa shape index (κ3) is 3.54. The van der Waals surface area contributed by atoms with Gasteiger partial charge >= 0.3 is 0 Å². The van der Waals surface area contributed by atoms with Crippen molar-refractivity contribution in [2.45, 2.75) is 12.5 Å². The maximum Gasteiger partial charge on any atom is 0.223 e. The van der Waals surface area contributed by atoms with Gasteiger partial charge in [0.05, 0.1) is 17.9 Å². The van der Waals surface area contributed by atoms with Gasteiger partial charge in [-0.3, -0.25) is 9.79 Å². The molecule has 0 saturated carbocycles. The molecule has 0 unspecified atom stereocenters. The second kappa shape index (κ2) is 7.15. The van der Waals surface area contributed by atoms with Gasteiger partial charge in [-0.1, -0.05) is 0 Å². The normalized spacial score (nSPS) is 20.7. The Morgan fingerprint density at radius 1 is 1.38 bits per heavy atom. The first-order valence-corrected chi connectivity index (χ1v) is 8.40. The molecule has 0 aliphatic carbocycles. The molecule has 2 heterocycles. The third-order valence-corrected chi connectivity index (χ3v) is 4.68. The predicted octanol–water partition coefficient (Wildman–Crippen LogP) is 1.41. The molecule has 1 aromatic heterocycles. The third-order valence-electron chi connectivity index (χ3n) is 4.68. The quantitative estimate of drug-likeness (QED) is 0.662. The molecule has 3 rings (SSSR count). The van der Waals surface area contributed by atoms with Crippen LogP contribution >= 0.6 is 0 Å². The summed E-state index contributed by atoms with van der Waals surface area (Å²) in [7, 11) is 5.45. The van der Waals surface area contributed by atoms with E-state index < -0.39 is 0 Å². The fourth-order valence-corrected chi connectivity index (χ4v) is 3.19. The Kier molecular flexibility index (Phi) is 4.92. The molecule has 0 spiro atoms. The molecule has 1 amide bonds. The van der Waals surface area contributed by atoms with Crippen LogP contribution in [0.2, 0.25) is 0 Å². The molecule has 1 aliphatic rings. The van der Waals surface area contributed by atoms with Crippen LogP contribution in [0, 0.1) is 11.7 Å². The van der Waals surface area contributed by atoms with Gasteiger partial charge < -0.3 is 15.5 Å². The summed E-state index contributed by atoms with van der Waals surface area (Å²) in [5.41, 5.74) is 7.55. The number of benzene rings is 1. The molecule has 7 nitrogen and oxygen atoms in total. The van der Waals surface area contributed by atoms with Crippen LogP contribution in [-0.2, 0) is 4.79 Å². The highest BCUT2D eigenvalue weighted by molar-refractivity contribution is 5.80. The SMILES string of the molecule is CN(C)C(N)=NC[C@@H]1CC(=O)N(C)[C@H]1c1cnn(-c2ccc(F)cc2)c1. The number of likely N-dealkylation sites (tertiary alicyclic amines) is 1. The van der Waals surface area contributed by atoms with Crippen molar-refractivity contribution < 1.29 is 9.18 Å². The van der Waals surface area contributed by atoms with Gasteiger partial charge in [0.2, 0.25) is 5.91 Å². The molecule has 2 N–H and O–H groups in total. The number of halogens is 1. The number of carbonyl (C=O) groups excluding carboxylic acids is 1. The zero-order valence-electron chi connectivity index (χ0n) is 15.1. The van der Waals surface area contributed by atoms with Gasteiger partial charge in [-0.15, -0.1) is 0 Å². The molecule has 138 valence electrons. The topological polar surface area (TPSA) is 79.8 Å². The summed E-state index contributed by atoms with van der Waals surface area (Å²) in [6, 6.07) is 5.99. The molecule has 1 aromatic carbocycles. The van der Waals surface area contributed by atoms with Gasteiger partial charge in [0.25, 0.3) is 0 Å². The lowest BCUT2D eigenvalue weighted by molar-refractivity contribution is -0.127. The zero-order chi connectivity index (χ0) is 18.8. The number of hydrogen-bond acceptors (Lipinski definition) is 3. The van der Waals surface area contributed by atoms with Gasteiger partial charge in [-0.25, -0.2) is 9.07 Å². The van der Waals surface area contributed by atoms with E-state index >= 15 is 0 Å². The minimum Gasteiger partial charge on any atom is -0.370 e. The molecule has 0 radical (unpaired) electrons. The molecular weight excluding hydrogens is 335 g/mol. The van der Waals surface area contributed by atoms with Crippen LogP contribution in [-0.4, -0.2) is 59.1 Å². The number of nitrogens with zero attached hydrogens (tertiary/aromatic N) is 5. The number of aromatic nitrogens is 2. The Labute approximate surface area is 151 Å². The average molecular weight is 358 g/mol. The first kappa shape index (κ1) is 17.9. The summed E-state index contributed by atoms with van der Waals surface area (Å²) >= 11 is 0. The van der Waals surface area contributed by atoms with Crippen molar-refractivity contribution in [2.75, 3.05) is 27.7 Å². The first-order valence-electron chi connectivity index (χ1n) is 8.40. The molecule has 1 saturated heterocycles. The van der Waals surface area contributed by atoms with Crippen LogP contribution < -0.4 is 5.73 Å². The van der Waals surface area contributed by atoms with E-state index in [2.05, 4.69) is 10.1 Å².